The third kappa shape index (κ3) is 2.47. The molecule has 2 N–H and O–H groups in total. The first-order valence-corrected chi connectivity index (χ1v) is 7.85. The van der Waals surface area contributed by atoms with Crippen LogP contribution in [-0.4, -0.2) is 25.2 Å². The van der Waals surface area contributed by atoms with Gasteiger partial charge in [-0.25, -0.2) is 0 Å². The van der Waals surface area contributed by atoms with E-state index in [0.29, 0.717) is 0 Å². The van der Waals surface area contributed by atoms with Crippen LogP contribution in [0.4, 0.5) is 5.69 Å². The van der Waals surface area contributed by atoms with Gasteiger partial charge in [-0.1, -0.05) is 19.1 Å². The molecule has 2 aliphatic heterocycles. The molecule has 0 spiro atoms. The zero-order chi connectivity index (χ0) is 15.0. The van der Waals surface area contributed by atoms with Crippen LogP contribution in [0.25, 0.3) is 0 Å². The van der Waals surface area contributed by atoms with Crippen LogP contribution in [0.1, 0.15) is 50.8 Å². The Labute approximate surface area is 126 Å². The molecule has 1 aromatic carbocycles. The van der Waals surface area contributed by atoms with Crippen molar-refractivity contribution in [3.63, 3.8) is 0 Å². The average molecular weight is 288 g/mol. The highest BCUT2D eigenvalue weighted by atomic mass is 16.5. The SMILES string of the molecule is CCNC(c1ccc2c(c1)C(C)(C)C(=O)N2)C1CCCO1. The van der Waals surface area contributed by atoms with E-state index in [1.165, 1.54) is 5.56 Å². The molecule has 114 valence electrons. The molecule has 1 amide bonds. The van der Waals surface area contributed by atoms with Crippen molar-refractivity contribution in [1.29, 1.82) is 0 Å². The molecular formula is C17H24N2O2. The number of ether oxygens (including phenoxy) is 1. The number of fused-ring (bicyclic) bond motifs is 1. The number of amides is 1. The third-order valence-electron chi connectivity index (χ3n) is 4.65. The smallest absolute Gasteiger partial charge is 0.234 e. The molecule has 1 aromatic rings. The average Bonchev–Trinajstić information content (AvgIpc) is 3.05. The van der Waals surface area contributed by atoms with Crippen molar-refractivity contribution < 1.29 is 9.53 Å². The van der Waals surface area contributed by atoms with E-state index >= 15 is 0 Å². The van der Waals surface area contributed by atoms with Gasteiger partial charge in [0.15, 0.2) is 0 Å². The molecule has 2 heterocycles. The molecule has 21 heavy (non-hydrogen) atoms. The lowest BCUT2D eigenvalue weighted by molar-refractivity contribution is -0.119. The van der Waals surface area contributed by atoms with Crippen LogP contribution in [0.15, 0.2) is 18.2 Å². The number of carbonyl (C=O) groups excluding carboxylic acids is 1. The summed E-state index contributed by atoms with van der Waals surface area (Å²) in [5, 5.41) is 6.50. The lowest BCUT2D eigenvalue weighted by Gasteiger charge is -2.25. The van der Waals surface area contributed by atoms with Crippen LogP contribution >= 0.6 is 0 Å². The minimum atomic E-state index is -0.460. The number of carbonyl (C=O) groups is 1. The first kappa shape index (κ1) is 14.5. The lowest BCUT2D eigenvalue weighted by atomic mass is 9.84. The maximum Gasteiger partial charge on any atom is 0.234 e. The largest absolute Gasteiger partial charge is 0.376 e. The Morgan fingerprint density at radius 3 is 2.95 bits per heavy atom. The monoisotopic (exact) mass is 288 g/mol. The topological polar surface area (TPSA) is 50.4 Å². The van der Waals surface area contributed by atoms with Crippen LogP contribution in [0.3, 0.4) is 0 Å². The fourth-order valence-electron chi connectivity index (χ4n) is 3.33. The van der Waals surface area contributed by atoms with Crippen molar-refractivity contribution in [1.82, 2.24) is 5.32 Å². The second kappa shape index (κ2) is 5.43. The van der Waals surface area contributed by atoms with Crippen molar-refractivity contribution in [3.05, 3.63) is 29.3 Å². The van der Waals surface area contributed by atoms with Gasteiger partial charge in [0.25, 0.3) is 0 Å². The lowest BCUT2D eigenvalue weighted by Crippen LogP contribution is -2.32. The second-order valence-electron chi connectivity index (χ2n) is 6.47. The summed E-state index contributed by atoms with van der Waals surface area (Å²) in [4.78, 5) is 12.1. The van der Waals surface area contributed by atoms with Gasteiger partial charge in [0.05, 0.1) is 17.6 Å². The number of benzene rings is 1. The molecule has 1 fully saturated rings. The van der Waals surface area contributed by atoms with Crippen molar-refractivity contribution in [2.45, 2.75) is 51.2 Å². The van der Waals surface area contributed by atoms with Gasteiger partial charge < -0.3 is 15.4 Å². The van der Waals surface area contributed by atoms with Crippen molar-refractivity contribution in [2.24, 2.45) is 0 Å². The quantitative estimate of drug-likeness (QED) is 0.895. The first-order chi connectivity index (χ1) is 10.0. The Hall–Kier alpha value is -1.39. The van der Waals surface area contributed by atoms with E-state index in [1.54, 1.807) is 0 Å². The molecular weight excluding hydrogens is 264 g/mol. The molecule has 0 aromatic heterocycles. The van der Waals surface area contributed by atoms with Crippen LogP contribution in [0, 0.1) is 0 Å². The zero-order valence-corrected chi connectivity index (χ0v) is 13.0. The summed E-state index contributed by atoms with van der Waals surface area (Å²) >= 11 is 0. The summed E-state index contributed by atoms with van der Waals surface area (Å²) in [6, 6.07) is 6.50. The highest BCUT2D eigenvalue weighted by Crippen LogP contribution is 2.39. The van der Waals surface area contributed by atoms with E-state index in [2.05, 4.69) is 29.7 Å². The number of likely N-dealkylation sites (N-methyl/N-ethyl adjacent to an activating group) is 1. The molecule has 4 heteroatoms. The number of nitrogens with one attached hydrogen (secondary N) is 2. The maximum atomic E-state index is 12.1. The van der Waals surface area contributed by atoms with Gasteiger partial charge in [-0.2, -0.15) is 0 Å². The highest BCUT2D eigenvalue weighted by molar-refractivity contribution is 6.05. The molecule has 1 saturated heterocycles. The first-order valence-electron chi connectivity index (χ1n) is 7.85. The molecule has 0 radical (unpaired) electrons. The van der Waals surface area contributed by atoms with E-state index < -0.39 is 5.41 Å². The van der Waals surface area contributed by atoms with E-state index in [9.17, 15) is 4.79 Å². The molecule has 2 unspecified atom stereocenters. The van der Waals surface area contributed by atoms with Gasteiger partial charge in [-0.3, -0.25) is 4.79 Å². The Kier molecular flexibility index (Phi) is 3.76. The standard InChI is InChI=1S/C17H24N2O2/c1-4-18-15(14-6-5-9-21-14)11-7-8-13-12(10-11)17(2,3)16(20)19-13/h7-8,10,14-15,18H,4-6,9H2,1-3H3,(H,19,20). The summed E-state index contributed by atoms with van der Waals surface area (Å²) in [6.07, 6.45) is 2.45. The van der Waals surface area contributed by atoms with E-state index in [4.69, 9.17) is 4.74 Å². The molecule has 4 nitrogen and oxygen atoms in total. The van der Waals surface area contributed by atoms with E-state index in [1.807, 2.05) is 19.9 Å². The van der Waals surface area contributed by atoms with E-state index in [0.717, 1.165) is 37.2 Å². The fraction of sp³-hybridized carbons (Fsp3) is 0.588. The molecule has 3 rings (SSSR count). The predicted octanol–water partition coefficient (Wildman–Crippen LogP) is 2.75. The maximum absolute atomic E-state index is 12.1. The molecule has 2 aliphatic rings. The summed E-state index contributed by atoms with van der Waals surface area (Å²) in [5.41, 5.74) is 2.79. The summed E-state index contributed by atoms with van der Waals surface area (Å²) < 4.78 is 5.87. The van der Waals surface area contributed by atoms with E-state index in [-0.39, 0.29) is 18.1 Å². The number of hydrogen-bond donors (Lipinski definition) is 2. The van der Waals surface area contributed by atoms with Crippen LogP contribution in [0.5, 0.6) is 0 Å². The van der Waals surface area contributed by atoms with Crippen LogP contribution < -0.4 is 10.6 Å². The number of rotatable bonds is 4. The third-order valence-corrected chi connectivity index (χ3v) is 4.65. The van der Waals surface area contributed by atoms with Crippen LogP contribution in [-0.2, 0) is 14.9 Å². The van der Waals surface area contributed by atoms with Crippen molar-refractivity contribution in [2.75, 3.05) is 18.5 Å². The Balaban J connectivity index is 1.95. The zero-order valence-electron chi connectivity index (χ0n) is 13.0. The molecule has 0 saturated carbocycles. The molecule has 0 aliphatic carbocycles. The minimum absolute atomic E-state index is 0.0757. The van der Waals surface area contributed by atoms with Gasteiger partial charge in [-0.15, -0.1) is 0 Å². The Morgan fingerprint density at radius 1 is 1.48 bits per heavy atom. The molecule has 0 bridgehead atoms. The number of anilines is 1. The van der Waals surface area contributed by atoms with Gasteiger partial charge in [0, 0.05) is 12.3 Å². The summed E-state index contributed by atoms with van der Waals surface area (Å²) in [6.45, 7) is 7.83. The molecule has 2 atom stereocenters. The Bertz CT molecular complexity index is 548. The fourth-order valence-corrected chi connectivity index (χ4v) is 3.33. The van der Waals surface area contributed by atoms with Gasteiger partial charge in [0.2, 0.25) is 5.91 Å². The van der Waals surface area contributed by atoms with Crippen molar-refractivity contribution >= 4 is 11.6 Å². The van der Waals surface area contributed by atoms with Gasteiger partial charge in [0.1, 0.15) is 0 Å². The van der Waals surface area contributed by atoms with Crippen molar-refractivity contribution in [3.8, 4) is 0 Å². The minimum Gasteiger partial charge on any atom is -0.376 e. The van der Waals surface area contributed by atoms with Gasteiger partial charge >= 0.3 is 0 Å². The summed E-state index contributed by atoms with van der Waals surface area (Å²) in [7, 11) is 0. The highest BCUT2D eigenvalue weighted by Gasteiger charge is 2.39. The Morgan fingerprint density at radius 2 is 2.29 bits per heavy atom. The van der Waals surface area contributed by atoms with Gasteiger partial charge in [-0.05, 0) is 50.4 Å². The van der Waals surface area contributed by atoms with Crippen LogP contribution in [0.2, 0.25) is 0 Å². The normalized spacial score (nSPS) is 24.7. The second-order valence-corrected chi connectivity index (χ2v) is 6.47. The predicted molar refractivity (Wildman–Crippen MR) is 83.5 cm³/mol. The summed E-state index contributed by atoms with van der Waals surface area (Å²) in [5.74, 6) is 0.0757. The number of hydrogen-bond acceptors (Lipinski definition) is 3.